The first kappa shape index (κ1) is 12.6. The standard InChI is InChI=1S/C13H16Br2O/c14-10-13(7-1-2-8-13)16-9-11-3-5-12(15)6-4-11/h3-6H,1-2,7-10H2. The monoisotopic (exact) mass is 346 g/mol. The van der Waals surface area contributed by atoms with Crippen molar-refractivity contribution in [3.8, 4) is 0 Å². The van der Waals surface area contributed by atoms with Gasteiger partial charge in [-0.15, -0.1) is 0 Å². The molecule has 88 valence electrons. The molecule has 0 atom stereocenters. The van der Waals surface area contributed by atoms with E-state index >= 15 is 0 Å². The number of halogens is 2. The van der Waals surface area contributed by atoms with E-state index in [2.05, 4.69) is 56.1 Å². The highest BCUT2D eigenvalue weighted by Crippen LogP contribution is 2.35. The fourth-order valence-electron chi connectivity index (χ4n) is 2.15. The van der Waals surface area contributed by atoms with Crippen molar-refractivity contribution in [1.82, 2.24) is 0 Å². The Bertz CT molecular complexity index is 328. The van der Waals surface area contributed by atoms with E-state index in [4.69, 9.17) is 4.74 Å². The van der Waals surface area contributed by atoms with Gasteiger partial charge in [-0.25, -0.2) is 0 Å². The van der Waals surface area contributed by atoms with Gasteiger partial charge in [0.05, 0.1) is 12.2 Å². The van der Waals surface area contributed by atoms with E-state index in [0.717, 1.165) is 16.4 Å². The highest BCUT2D eigenvalue weighted by Gasteiger charge is 2.33. The van der Waals surface area contributed by atoms with Crippen LogP contribution in [0, 0.1) is 0 Å². The van der Waals surface area contributed by atoms with Crippen molar-refractivity contribution in [3.05, 3.63) is 34.3 Å². The molecule has 1 aromatic rings. The predicted molar refractivity (Wildman–Crippen MR) is 73.9 cm³/mol. The molecule has 0 radical (unpaired) electrons. The zero-order valence-electron chi connectivity index (χ0n) is 9.22. The molecule has 1 aliphatic rings. The van der Waals surface area contributed by atoms with E-state index in [0.29, 0.717) is 0 Å². The van der Waals surface area contributed by atoms with Crippen LogP contribution in [-0.4, -0.2) is 10.9 Å². The lowest BCUT2D eigenvalue weighted by atomic mass is 10.1. The molecular weight excluding hydrogens is 332 g/mol. The summed E-state index contributed by atoms with van der Waals surface area (Å²) >= 11 is 7.02. The van der Waals surface area contributed by atoms with Crippen LogP contribution in [0.3, 0.4) is 0 Å². The van der Waals surface area contributed by atoms with Gasteiger partial charge in [-0.1, -0.05) is 56.8 Å². The summed E-state index contributed by atoms with van der Waals surface area (Å²) < 4.78 is 7.22. The predicted octanol–water partition coefficient (Wildman–Crippen LogP) is 4.67. The Morgan fingerprint density at radius 3 is 2.31 bits per heavy atom. The largest absolute Gasteiger partial charge is 0.369 e. The maximum atomic E-state index is 6.10. The summed E-state index contributed by atoms with van der Waals surface area (Å²) in [6, 6.07) is 8.35. The molecule has 16 heavy (non-hydrogen) atoms. The molecule has 0 bridgehead atoms. The fraction of sp³-hybridized carbons (Fsp3) is 0.538. The molecule has 1 aliphatic carbocycles. The number of alkyl halides is 1. The molecule has 0 aromatic heterocycles. The lowest BCUT2D eigenvalue weighted by Crippen LogP contribution is -2.30. The number of ether oxygens (including phenoxy) is 1. The van der Waals surface area contributed by atoms with Crippen molar-refractivity contribution < 1.29 is 4.74 Å². The molecule has 1 saturated carbocycles. The van der Waals surface area contributed by atoms with Crippen molar-refractivity contribution >= 4 is 31.9 Å². The van der Waals surface area contributed by atoms with Gasteiger partial charge in [0.2, 0.25) is 0 Å². The van der Waals surface area contributed by atoms with Gasteiger partial charge in [-0.2, -0.15) is 0 Å². The summed E-state index contributed by atoms with van der Waals surface area (Å²) in [5.41, 5.74) is 1.34. The first-order valence-corrected chi connectivity index (χ1v) is 7.60. The van der Waals surface area contributed by atoms with Gasteiger partial charge in [-0.05, 0) is 30.5 Å². The molecule has 0 N–H and O–H groups in total. The molecule has 0 saturated heterocycles. The third-order valence-corrected chi connectivity index (χ3v) is 4.77. The topological polar surface area (TPSA) is 9.23 Å². The fourth-order valence-corrected chi connectivity index (χ4v) is 3.14. The summed E-state index contributed by atoms with van der Waals surface area (Å²) in [4.78, 5) is 0. The smallest absolute Gasteiger partial charge is 0.0783 e. The molecule has 0 amide bonds. The van der Waals surface area contributed by atoms with Crippen LogP contribution in [0.2, 0.25) is 0 Å². The highest BCUT2D eigenvalue weighted by atomic mass is 79.9. The molecule has 0 heterocycles. The van der Waals surface area contributed by atoms with Crippen LogP contribution < -0.4 is 0 Å². The summed E-state index contributed by atoms with van der Waals surface area (Å²) in [6.45, 7) is 0.721. The zero-order chi connectivity index (χ0) is 11.4. The Balaban J connectivity index is 1.93. The van der Waals surface area contributed by atoms with E-state index in [9.17, 15) is 0 Å². The summed E-state index contributed by atoms with van der Waals surface area (Å²) in [5, 5.41) is 0.955. The average molecular weight is 348 g/mol. The van der Waals surface area contributed by atoms with Gasteiger partial charge in [0.15, 0.2) is 0 Å². The highest BCUT2D eigenvalue weighted by molar-refractivity contribution is 9.10. The van der Waals surface area contributed by atoms with Crippen LogP contribution >= 0.6 is 31.9 Å². The second kappa shape index (κ2) is 5.65. The minimum atomic E-state index is 0.0904. The maximum Gasteiger partial charge on any atom is 0.0783 e. The Kier molecular flexibility index (Phi) is 4.45. The Morgan fingerprint density at radius 2 is 1.75 bits per heavy atom. The first-order valence-electron chi connectivity index (χ1n) is 5.68. The third-order valence-electron chi connectivity index (χ3n) is 3.22. The summed E-state index contributed by atoms with van der Waals surface area (Å²) in [6.07, 6.45) is 4.97. The van der Waals surface area contributed by atoms with Crippen molar-refractivity contribution in [1.29, 1.82) is 0 Å². The normalized spacial score (nSPS) is 18.9. The van der Waals surface area contributed by atoms with Gasteiger partial charge >= 0.3 is 0 Å². The molecule has 0 spiro atoms. The van der Waals surface area contributed by atoms with Crippen LogP contribution in [0.4, 0.5) is 0 Å². The summed E-state index contributed by atoms with van der Waals surface area (Å²) in [5.74, 6) is 0. The van der Waals surface area contributed by atoms with Gasteiger partial charge in [0.1, 0.15) is 0 Å². The summed E-state index contributed by atoms with van der Waals surface area (Å²) in [7, 11) is 0. The third kappa shape index (κ3) is 3.08. The van der Waals surface area contributed by atoms with Crippen LogP contribution in [0.25, 0.3) is 0 Å². The second-order valence-corrected chi connectivity index (χ2v) is 5.92. The zero-order valence-corrected chi connectivity index (χ0v) is 12.4. The second-order valence-electron chi connectivity index (χ2n) is 4.44. The molecular formula is C13H16Br2O. The van der Waals surface area contributed by atoms with E-state index in [1.54, 1.807) is 0 Å². The molecule has 1 aromatic carbocycles. The average Bonchev–Trinajstić information content (AvgIpc) is 2.78. The minimum absolute atomic E-state index is 0.0904. The Hall–Kier alpha value is 0.140. The van der Waals surface area contributed by atoms with Crippen LogP contribution in [0.15, 0.2) is 28.7 Å². The van der Waals surface area contributed by atoms with Gasteiger partial charge in [-0.3, -0.25) is 0 Å². The number of hydrogen-bond acceptors (Lipinski definition) is 1. The molecule has 0 aliphatic heterocycles. The van der Waals surface area contributed by atoms with Crippen molar-refractivity contribution in [3.63, 3.8) is 0 Å². The van der Waals surface area contributed by atoms with E-state index in [-0.39, 0.29) is 5.60 Å². The first-order chi connectivity index (χ1) is 7.74. The number of benzene rings is 1. The molecule has 0 unspecified atom stereocenters. The molecule has 3 heteroatoms. The van der Waals surface area contributed by atoms with Crippen molar-refractivity contribution in [2.75, 3.05) is 5.33 Å². The van der Waals surface area contributed by atoms with Crippen LogP contribution in [0.5, 0.6) is 0 Å². The van der Waals surface area contributed by atoms with E-state index < -0.39 is 0 Å². The Morgan fingerprint density at radius 1 is 1.12 bits per heavy atom. The van der Waals surface area contributed by atoms with Gasteiger partial charge in [0, 0.05) is 9.80 Å². The minimum Gasteiger partial charge on any atom is -0.369 e. The molecule has 1 nitrogen and oxygen atoms in total. The van der Waals surface area contributed by atoms with Crippen molar-refractivity contribution in [2.24, 2.45) is 0 Å². The Labute approximate surface area is 114 Å². The number of rotatable bonds is 4. The van der Waals surface area contributed by atoms with Crippen molar-refractivity contribution in [2.45, 2.75) is 37.9 Å². The lowest BCUT2D eigenvalue weighted by Gasteiger charge is -2.27. The maximum absolute atomic E-state index is 6.10. The van der Waals surface area contributed by atoms with Crippen LogP contribution in [0.1, 0.15) is 31.2 Å². The molecule has 2 rings (SSSR count). The van der Waals surface area contributed by atoms with Gasteiger partial charge < -0.3 is 4.74 Å². The molecule has 1 fully saturated rings. The van der Waals surface area contributed by atoms with Crippen LogP contribution in [-0.2, 0) is 11.3 Å². The quantitative estimate of drug-likeness (QED) is 0.719. The lowest BCUT2D eigenvalue weighted by molar-refractivity contribution is -0.0330. The SMILES string of the molecule is BrCC1(OCc2ccc(Br)cc2)CCCC1. The van der Waals surface area contributed by atoms with E-state index in [1.807, 2.05) is 0 Å². The van der Waals surface area contributed by atoms with E-state index in [1.165, 1.54) is 31.2 Å². The number of hydrogen-bond donors (Lipinski definition) is 0. The van der Waals surface area contributed by atoms with Gasteiger partial charge in [0.25, 0.3) is 0 Å².